The number of para-hydroxylation sites is 1. The zero-order valence-corrected chi connectivity index (χ0v) is 18.6. The Balaban J connectivity index is 2.10. The summed E-state index contributed by atoms with van der Waals surface area (Å²) in [5, 5.41) is 2.92. The van der Waals surface area contributed by atoms with E-state index < -0.39 is 12.0 Å². The molecule has 0 radical (unpaired) electrons. The van der Waals surface area contributed by atoms with Gasteiger partial charge >= 0.3 is 5.97 Å². The van der Waals surface area contributed by atoms with Crippen LogP contribution in [0.5, 0.6) is 0 Å². The van der Waals surface area contributed by atoms with Gasteiger partial charge in [0.15, 0.2) is 5.78 Å². The summed E-state index contributed by atoms with van der Waals surface area (Å²) < 4.78 is 5.09. The number of carbonyl (C=O) groups is 3. The quantitative estimate of drug-likeness (QED) is 0.485. The van der Waals surface area contributed by atoms with Gasteiger partial charge in [0.1, 0.15) is 0 Å². The second-order valence-electron chi connectivity index (χ2n) is 7.36. The predicted molar refractivity (Wildman–Crippen MR) is 117 cm³/mol. The van der Waals surface area contributed by atoms with Crippen LogP contribution in [-0.4, -0.2) is 53.8 Å². The molecule has 0 spiro atoms. The standard InChI is InChI=1S/C23H31N3O4/c1-7-17-11-9-10-12-18(17)25-19(27)13-26(6)16(5)22(28)21-14(3)20(15(4)24-21)23(29)30-8-2/h9-12,16,24H,7-8,13H2,1-6H3,(H,25,27)/t16-/m0/s1. The summed E-state index contributed by atoms with van der Waals surface area (Å²) in [6.07, 6.45) is 0.815. The van der Waals surface area contributed by atoms with Crippen LogP contribution in [0.3, 0.4) is 0 Å². The second kappa shape index (κ2) is 10.2. The van der Waals surface area contributed by atoms with E-state index in [-0.39, 0.29) is 24.8 Å². The Kier molecular flexibility index (Phi) is 7.94. The van der Waals surface area contributed by atoms with Crippen LogP contribution in [-0.2, 0) is 16.0 Å². The highest BCUT2D eigenvalue weighted by atomic mass is 16.5. The fourth-order valence-electron chi connectivity index (χ4n) is 3.42. The summed E-state index contributed by atoms with van der Waals surface area (Å²) >= 11 is 0. The Hall–Kier alpha value is -2.93. The molecule has 2 rings (SSSR count). The van der Waals surface area contributed by atoms with Gasteiger partial charge in [-0.3, -0.25) is 14.5 Å². The number of ketones is 1. The molecule has 2 N–H and O–H groups in total. The minimum Gasteiger partial charge on any atom is -0.462 e. The molecular weight excluding hydrogens is 382 g/mol. The van der Waals surface area contributed by atoms with Gasteiger partial charge in [-0.2, -0.15) is 0 Å². The number of Topliss-reactive ketones (excluding diaryl/α,β-unsaturated/α-hetero) is 1. The van der Waals surface area contributed by atoms with Crippen LogP contribution in [0.4, 0.5) is 5.69 Å². The van der Waals surface area contributed by atoms with Crippen molar-refractivity contribution in [2.45, 2.75) is 47.1 Å². The number of aromatic nitrogens is 1. The van der Waals surface area contributed by atoms with Gasteiger partial charge in [-0.1, -0.05) is 25.1 Å². The first-order chi connectivity index (χ1) is 14.2. The van der Waals surface area contributed by atoms with Crippen molar-refractivity contribution in [2.75, 3.05) is 25.5 Å². The molecular formula is C23H31N3O4. The molecule has 0 aliphatic heterocycles. The average Bonchev–Trinajstić information content (AvgIpc) is 3.01. The second-order valence-corrected chi connectivity index (χ2v) is 7.36. The maximum atomic E-state index is 13.0. The molecule has 0 unspecified atom stereocenters. The number of ether oxygens (including phenoxy) is 1. The van der Waals surface area contributed by atoms with Crippen LogP contribution < -0.4 is 5.32 Å². The predicted octanol–water partition coefficient (Wildman–Crippen LogP) is 3.51. The van der Waals surface area contributed by atoms with Crippen molar-refractivity contribution in [3.8, 4) is 0 Å². The number of amides is 1. The molecule has 0 aliphatic carbocycles. The lowest BCUT2D eigenvalue weighted by atomic mass is 10.0. The van der Waals surface area contributed by atoms with E-state index in [1.165, 1.54) is 0 Å². The van der Waals surface area contributed by atoms with Crippen molar-refractivity contribution < 1.29 is 19.1 Å². The van der Waals surface area contributed by atoms with E-state index in [9.17, 15) is 14.4 Å². The van der Waals surface area contributed by atoms with Crippen molar-refractivity contribution in [3.63, 3.8) is 0 Å². The van der Waals surface area contributed by atoms with E-state index in [2.05, 4.69) is 10.3 Å². The number of H-pyrrole nitrogens is 1. The molecule has 0 fully saturated rings. The number of hydrogen-bond acceptors (Lipinski definition) is 5. The number of esters is 1. The van der Waals surface area contributed by atoms with Gasteiger partial charge < -0.3 is 15.0 Å². The minimum atomic E-state index is -0.552. The van der Waals surface area contributed by atoms with Gasteiger partial charge in [0.25, 0.3) is 0 Å². The number of hydrogen-bond donors (Lipinski definition) is 2. The summed E-state index contributed by atoms with van der Waals surface area (Å²) in [7, 11) is 1.73. The third kappa shape index (κ3) is 5.16. The Morgan fingerprint density at radius 2 is 1.83 bits per heavy atom. The summed E-state index contributed by atoms with van der Waals surface area (Å²) in [5.74, 6) is -0.821. The fourth-order valence-corrected chi connectivity index (χ4v) is 3.42. The number of rotatable bonds is 9. The number of likely N-dealkylation sites (N-methyl/N-ethyl adjacent to an activating group) is 1. The molecule has 7 nitrogen and oxygen atoms in total. The Morgan fingerprint density at radius 1 is 1.17 bits per heavy atom. The van der Waals surface area contributed by atoms with Crippen LogP contribution in [0.25, 0.3) is 0 Å². The molecule has 30 heavy (non-hydrogen) atoms. The van der Waals surface area contributed by atoms with E-state index in [1.807, 2.05) is 31.2 Å². The van der Waals surface area contributed by atoms with E-state index in [0.29, 0.717) is 22.5 Å². The zero-order chi connectivity index (χ0) is 22.4. The van der Waals surface area contributed by atoms with Crippen LogP contribution in [0.2, 0.25) is 0 Å². The number of nitrogens with one attached hydrogen (secondary N) is 2. The Bertz CT molecular complexity index is 933. The largest absolute Gasteiger partial charge is 0.462 e. The highest BCUT2D eigenvalue weighted by Crippen LogP contribution is 2.21. The molecule has 0 saturated carbocycles. The summed E-state index contributed by atoms with van der Waals surface area (Å²) in [6.45, 7) is 9.31. The third-order valence-electron chi connectivity index (χ3n) is 5.27. The fraction of sp³-hybridized carbons (Fsp3) is 0.435. The molecule has 2 aromatic rings. The lowest BCUT2D eigenvalue weighted by molar-refractivity contribution is -0.117. The first kappa shape index (κ1) is 23.3. The number of anilines is 1. The molecule has 1 amide bonds. The van der Waals surface area contributed by atoms with E-state index >= 15 is 0 Å². The van der Waals surface area contributed by atoms with Crippen molar-refractivity contribution in [3.05, 3.63) is 52.3 Å². The Labute approximate surface area is 177 Å². The number of nitrogens with zero attached hydrogens (tertiary/aromatic N) is 1. The van der Waals surface area contributed by atoms with Crippen molar-refractivity contribution >= 4 is 23.3 Å². The number of benzene rings is 1. The van der Waals surface area contributed by atoms with Crippen molar-refractivity contribution in [1.82, 2.24) is 9.88 Å². The number of aromatic amines is 1. The zero-order valence-electron chi connectivity index (χ0n) is 18.6. The number of aryl methyl sites for hydroxylation is 2. The van der Waals surface area contributed by atoms with Gasteiger partial charge in [-0.05, 0) is 58.4 Å². The van der Waals surface area contributed by atoms with Crippen LogP contribution in [0, 0.1) is 13.8 Å². The highest BCUT2D eigenvalue weighted by molar-refractivity contribution is 6.04. The number of carbonyl (C=O) groups excluding carboxylic acids is 3. The van der Waals surface area contributed by atoms with Crippen molar-refractivity contribution in [2.24, 2.45) is 0 Å². The first-order valence-electron chi connectivity index (χ1n) is 10.2. The van der Waals surface area contributed by atoms with E-state index in [4.69, 9.17) is 4.74 Å². The molecule has 7 heteroatoms. The summed E-state index contributed by atoms with van der Waals surface area (Å²) in [4.78, 5) is 42.4. The summed E-state index contributed by atoms with van der Waals surface area (Å²) in [6, 6.07) is 7.11. The van der Waals surface area contributed by atoms with E-state index in [1.54, 1.807) is 39.6 Å². The maximum absolute atomic E-state index is 13.0. The molecule has 0 bridgehead atoms. The molecule has 1 atom stereocenters. The SMILES string of the molecule is CCOC(=O)c1c(C)[nH]c(C(=O)[C@H](C)N(C)CC(=O)Nc2ccccc2CC)c1C. The molecule has 1 aromatic carbocycles. The van der Waals surface area contributed by atoms with E-state index in [0.717, 1.165) is 17.7 Å². The van der Waals surface area contributed by atoms with Gasteiger partial charge in [0, 0.05) is 11.4 Å². The van der Waals surface area contributed by atoms with Crippen LogP contribution >= 0.6 is 0 Å². The minimum absolute atomic E-state index is 0.0639. The van der Waals surface area contributed by atoms with Crippen LogP contribution in [0.1, 0.15) is 58.4 Å². The van der Waals surface area contributed by atoms with Crippen molar-refractivity contribution in [1.29, 1.82) is 0 Å². The molecule has 0 aliphatic rings. The monoisotopic (exact) mass is 413 g/mol. The molecule has 162 valence electrons. The maximum Gasteiger partial charge on any atom is 0.340 e. The molecule has 0 saturated heterocycles. The topological polar surface area (TPSA) is 91.5 Å². The smallest absolute Gasteiger partial charge is 0.340 e. The summed E-state index contributed by atoms with van der Waals surface area (Å²) in [5.41, 5.74) is 3.76. The van der Waals surface area contributed by atoms with Gasteiger partial charge in [-0.25, -0.2) is 4.79 Å². The Morgan fingerprint density at radius 3 is 2.47 bits per heavy atom. The normalized spacial score (nSPS) is 12.0. The van der Waals surface area contributed by atoms with Gasteiger partial charge in [0.05, 0.1) is 30.5 Å². The lowest BCUT2D eigenvalue weighted by Crippen LogP contribution is -2.41. The highest BCUT2D eigenvalue weighted by Gasteiger charge is 2.28. The average molecular weight is 414 g/mol. The van der Waals surface area contributed by atoms with Crippen LogP contribution in [0.15, 0.2) is 24.3 Å². The van der Waals surface area contributed by atoms with Gasteiger partial charge in [-0.15, -0.1) is 0 Å². The first-order valence-corrected chi connectivity index (χ1v) is 10.2. The third-order valence-corrected chi connectivity index (χ3v) is 5.27. The lowest BCUT2D eigenvalue weighted by Gasteiger charge is -2.23. The molecule has 1 aromatic heterocycles. The van der Waals surface area contributed by atoms with Gasteiger partial charge in [0.2, 0.25) is 5.91 Å². The molecule has 1 heterocycles.